The van der Waals surface area contributed by atoms with Gasteiger partial charge >= 0.3 is 0 Å². The van der Waals surface area contributed by atoms with Gasteiger partial charge in [-0.15, -0.1) is 0 Å². The molecule has 6 nitrogen and oxygen atoms in total. The molecule has 1 aromatic heterocycles. The van der Waals surface area contributed by atoms with Gasteiger partial charge in [0, 0.05) is 37.8 Å². The maximum atomic E-state index is 12.3. The second-order valence-electron chi connectivity index (χ2n) is 4.11. The number of ether oxygens (including phenoxy) is 1. The van der Waals surface area contributed by atoms with Crippen LogP contribution >= 0.6 is 0 Å². The van der Waals surface area contributed by atoms with Crippen LogP contribution < -0.4 is 5.73 Å². The molecular weight excluding hydrogens is 244 g/mol. The molecule has 1 aromatic rings. The fraction of sp³-hybridized carbons (Fsp3) is 0.462. The number of hydrogen-bond donors (Lipinski definition) is 1. The van der Waals surface area contributed by atoms with Crippen molar-refractivity contribution in [2.24, 2.45) is 0 Å². The van der Waals surface area contributed by atoms with E-state index >= 15 is 0 Å². The first-order valence-electron chi connectivity index (χ1n) is 5.97. The van der Waals surface area contributed by atoms with Gasteiger partial charge in [0.05, 0.1) is 24.7 Å². The van der Waals surface area contributed by atoms with E-state index in [1.165, 1.54) is 6.20 Å². The van der Waals surface area contributed by atoms with Crippen LogP contribution in [0.4, 0.5) is 5.69 Å². The summed E-state index contributed by atoms with van der Waals surface area (Å²) >= 11 is 0. The molecule has 0 aromatic carbocycles. The minimum absolute atomic E-state index is 0.225. The number of methoxy groups -OCH3 is 1. The molecule has 0 unspecified atom stereocenters. The van der Waals surface area contributed by atoms with Crippen molar-refractivity contribution in [1.82, 2.24) is 9.88 Å². The Morgan fingerprint density at radius 3 is 2.89 bits per heavy atom. The van der Waals surface area contributed by atoms with Gasteiger partial charge in [-0.1, -0.05) is 0 Å². The molecular formula is C13H18N4O2. The zero-order valence-corrected chi connectivity index (χ0v) is 11.2. The fourth-order valence-electron chi connectivity index (χ4n) is 1.63. The van der Waals surface area contributed by atoms with Crippen LogP contribution in [0, 0.1) is 18.3 Å². The highest BCUT2D eigenvalue weighted by molar-refractivity contribution is 5.98. The first-order chi connectivity index (χ1) is 9.10. The van der Waals surface area contributed by atoms with Crippen molar-refractivity contribution in [2.75, 3.05) is 32.5 Å². The molecule has 102 valence electrons. The van der Waals surface area contributed by atoms with Gasteiger partial charge in [0.25, 0.3) is 5.91 Å². The number of hydrogen-bond acceptors (Lipinski definition) is 5. The highest BCUT2D eigenvalue weighted by Gasteiger charge is 2.18. The average Bonchev–Trinajstić information content (AvgIpc) is 2.38. The molecule has 0 radical (unpaired) electrons. The molecule has 1 heterocycles. The maximum absolute atomic E-state index is 12.3. The van der Waals surface area contributed by atoms with Crippen LogP contribution in [0.2, 0.25) is 0 Å². The Hall–Kier alpha value is -2.13. The van der Waals surface area contributed by atoms with Crippen molar-refractivity contribution in [2.45, 2.75) is 13.3 Å². The summed E-state index contributed by atoms with van der Waals surface area (Å²) in [6, 6.07) is 3.68. The van der Waals surface area contributed by atoms with E-state index in [4.69, 9.17) is 15.7 Å². The van der Waals surface area contributed by atoms with Crippen molar-refractivity contribution in [3.63, 3.8) is 0 Å². The summed E-state index contributed by atoms with van der Waals surface area (Å²) in [6.45, 7) is 3.00. The molecule has 0 spiro atoms. The Labute approximate surface area is 112 Å². The molecule has 19 heavy (non-hydrogen) atoms. The van der Waals surface area contributed by atoms with Crippen molar-refractivity contribution < 1.29 is 9.53 Å². The summed E-state index contributed by atoms with van der Waals surface area (Å²) < 4.78 is 4.96. The molecule has 6 heteroatoms. The Balaban J connectivity index is 2.88. The molecule has 0 saturated carbocycles. The lowest BCUT2D eigenvalue weighted by atomic mass is 10.2. The van der Waals surface area contributed by atoms with Crippen molar-refractivity contribution in [1.29, 1.82) is 5.26 Å². The normalized spacial score (nSPS) is 9.95. The number of amides is 1. The number of nitrogens with two attached hydrogens (primary N) is 1. The predicted molar refractivity (Wildman–Crippen MR) is 71.4 cm³/mol. The number of aryl methyl sites for hydroxylation is 1. The largest absolute Gasteiger partial charge is 0.398 e. The van der Waals surface area contributed by atoms with E-state index in [0.29, 0.717) is 30.9 Å². The number of nitriles is 1. The van der Waals surface area contributed by atoms with Crippen LogP contribution in [0.25, 0.3) is 0 Å². The van der Waals surface area contributed by atoms with Gasteiger partial charge in [0.2, 0.25) is 0 Å². The smallest absolute Gasteiger partial charge is 0.257 e. The topological polar surface area (TPSA) is 92.2 Å². The summed E-state index contributed by atoms with van der Waals surface area (Å²) in [6.07, 6.45) is 1.74. The van der Waals surface area contributed by atoms with Gasteiger partial charge in [0.15, 0.2) is 0 Å². The first-order valence-corrected chi connectivity index (χ1v) is 5.97. The second kappa shape index (κ2) is 7.34. The molecule has 1 rings (SSSR count). The molecule has 0 aliphatic rings. The number of rotatable bonds is 6. The number of aromatic nitrogens is 1. The molecule has 0 saturated heterocycles. The third-order valence-electron chi connectivity index (χ3n) is 2.65. The predicted octanol–water partition coefficient (Wildman–Crippen LogP) is 0.974. The van der Waals surface area contributed by atoms with Crippen LogP contribution in [-0.4, -0.2) is 42.6 Å². The van der Waals surface area contributed by atoms with E-state index in [9.17, 15) is 4.79 Å². The van der Waals surface area contributed by atoms with Crippen molar-refractivity contribution >= 4 is 11.6 Å². The third-order valence-corrected chi connectivity index (χ3v) is 2.65. The van der Waals surface area contributed by atoms with Gasteiger partial charge in [0.1, 0.15) is 0 Å². The quantitative estimate of drug-likeness (QED) is 0.824. The lowest BCUT2D eigenvalue weighted by molar-refractivity contribution is 0.0700. The molecule has 0 aliphatic heterocycles. The van der Waals surface area contributed by atoms with Gasteiger partial charge in [-0.05, 0) is 13.0 Å². The number of nitrogens with zero attached hydrogens (tertiary/aromatic N) is 3. The number of pyridine rings is 1. The van der Waals surface area contributed by atoms with Crippen LogP contribution in [0.15, 0.2) is 12.3 Å². The molecule has 0 atom stereocenters. The van der Waals surface area contributed by atoms with Gasteiger partial charge in [-0.3, -0.25) is 9.78 Å². The van der Waals surface area contributed by atoms with Crippen LogP contribution in [0.1, 0.15) is 22.5 Å². The summed E-state index contributed by atoms with van der Waals surface area (Å²) in [7, 11) is 1.56. The second-order valence-corrected chi connectivity index (χ2v) is 4.11. The maximum Gasteiger partial charge on any atom is 0.257 e. The SMILES string of the molecule is COCCN(CCC#N)C(=O)c1cnc(C)cc1N. The zero-order valence-electron chi connectivity index (χ0n) is 11.2. The summed E-state index contributed by atoms with van der Waals surface area (Å²) in [5, 5.41) is 8.63. The fourth-order valence-corrected chi connectivity index (χ4v) is 1.63. The molecule has 0 fully saturated rings. The lowest BCUT2D eigenvalue weighted by Gasteiger charge is -2.21. The molecule has 0 aliphatic carbocycles. The summed E-state index contributed by atoms with van der Waals surface area (Å²) in [4.78, 5) is 18.0. The third kappa shape index (κ3) is 4.23. The van der Waals surface area contributed by atoms with E-state index in [1.54, 1.807) is 18.1 Å². The summed E-state index contributed by atoms with van der Waals surface area (Å²) in [5.41, 5.74) is 7.35. The van der Waals surface area contributed by atoms with Gasteiger partial charge in [-0.25, -0.2) is 0 Å². The van der Waals surface area contributed by atoms with Crippen molar-refractivity contribution in [3.8, 4) is 6.07 Å². The van der Waals surface area contributed by atoms with E-state index < -0.39 is 0 Å². The van der Waals surface area contributed by atoms with Gasteiger partial charge in [-0.2, -0.15) is 5.26 Å². The number of nitrogen functional groups attached to an aromatic ring is 1. The Bertz CT molecular complexity index is 482. The molecule has 2 N–H and O–H groups in total. The minimum atomic E-state index is -0.225. The Morgan fingerprint density at radius 1 is 1.58 bits per heavy atom. The van der Waals surface area contributed by atoms with Gasteiger partial charge < -0.3 is 15.4 Å². The highest BCUT2D eigenvalue weighted by atomic mass is 16.5. The monoisotopic (exact) mass is 262 g/mol. The van der Waals surface area contributed by atoms with E-state index in [-0.39, 0.29) is 12.3 Å². The Morgan fingerprint density at radius 2 is 2.32 bits per heavy atom. The van der Waals surface area contributed by atoms with Crippen LogP contribution in [-0.2, 0) is 4.74 Å². The number of carbonyl (C=O) groups excluding carboxylic acids is 1. The minimum Gasteiger partial charge on any atom is -0.398 e. The highest BCUT2D eigenvalue weighted by Crippen LogP contribution is 2.14. The molecule has 1 amide bonds. The number of carbonyl (C=O) groups is 1. The molecule has 0 bridgehead atoms. The standard InChI is InChI=1S/C13H18N4O2/c1-10-8-12(15)11(9-16-10)13(18)17(5-3-4-14)6-7-19-2/h8-9H,3,5-7H2,1-2H3,(H2,15,16). The Kier molecular flexibility index (Phi) is 5.76. The van der Waals surface area contributed by atoms with E-state index in [0.717, 1.165) is 5.69 Å². The lowest BCUT2D eigenvalue weighted by Crippen LogP contribution is -2.35. The van der Waals surface area contributed by atoms with Crippen LogP contribution in [0.5, 0.6) is 0 Å². The number of anilines is 1. The summed E-state index contributed by atoms with van der Waals surface area (Å²) in [5.74, 6) is -0.225. The van der Waals surface area contributed by atoms with Crippen molar-refractivity contribution in [3.05, 3.63) is 23.5 Å². The average molecular weight is 262 g/mol. The van der Waals surface area contributed by atoms with E-state index in [1.807, 2.05) is 13.0 Å². The van der Waals surface area contributed by atoms with E-state index in [2.05, 4.69) is 4.98 Å². The first kappa shape index (κ1) is 14.9. The van der Waals surface area contributed by atoms with Crippen LogP contribution in [0.3, 0.4) is 0 Å². The zero-order chi connectivity index (χ0) is 14.3.